The molecule has 0 spiro atoms. The van der Waals surface area contributed by atoms with Crippen molar-refractivity contribution >= 4 is 11.9 Å². The van der Waals surface area contributed by atoms with Gasteiger partial charge in [-0.2, -0.15) is 0 Å². The minimum atomic E-state index is -0.505. The number of ether oxygens (including phenoxy) is 2. The predicted molar refractivity (Wildman–Crippen MR) is 98.2 cm³/mol. The number of hydrogen-bond donors (Lipinski definition) is 0. The Balaban J connectivity index is 1.51. The van der Waals surface area contributed by atoms with Crippen molar-refractivity contribution in [2.75, 3.05) is 19.7 Å². The number of likely N-dealkylation sites (tertiary alicyclic amines) is 1. The molecule has 1 atom stereocenters. The van der Waals surface area contributed by atoms with Crippen LogP contribution in [0.1, 0.15) is 30.1 Å². The fraction of sp³-hybridized carbons (Fsp3) is 0.333. The zero-order valence-corrected chi connectivity index (χ0v) is 14.9. The maximum absolute atomic E-state index is 12.2. The van der Waals surface area contributed by atoms with Gasteiger partial charge in [-0.15, -0.1) is 0 Å². The molecule has 1 aliphatic heterocycles. The first-order chi connectivity index (χ1) is 12.6. The van der Waals surface area contributed by atoms with E-state index in [1.54, 1.807) is 29.2 Å². The van der Waals surface area contributed by atoms with Gasteiger partial charge in [0, 0.05) is 13.1 Å². The first kappa shape index (κ1) is 18.0. The molecule has 5 nitrogen and oxygen atoms in total. The van der Waals surface area contributed by atoms with Crippen LogP contribution in [-0.4, -0.2) is 36.5 Å². The van der Waals surface area contributed by atoms with Gasteiger partial charge in [-0.1, -0.05) is 25.1 Å². The van der Waals surface area contributed by atoms with E-state index in [0.29, 0.717) is 17.2 Å². The summed E-state index contributed by atoms with van der Waals surface area (Å²) in [6.45, 7) is 3.40. The van der Waals surface area contributed by atoms with Crippen LogP contribution in [0.5, 0.6) is 11.5 Å². The molecule has 1 fully saturated rings. The van der Waals surface area contributed by atoms with Gasteiger partial charge in [-0.25, -0.2) is 4.79 Å². The van der Waals surface area contributed by atoms with Crippen molar-refractivity contribution in [2.45, 2.75) is 19.8 Å². The Morgan fingerprint density at radius 2 is 1.73 bits per heavy atom. The summed E-state index contributed by atoms with van der Waals surface area (Å²) >= 11 is 0. The van der Waals surface area contributed by atoms with Gasteiger partial charge in [0.15, 0.2) is 6.61 Å². The van der Waals surface area contributed by atoms with Gasteiger partial charge in [-0.3, -0.25) is 4.79 Å². The summed E-state index contributed by atoms with van der Waals surface area (Å²) in [7, 11) is 0. The van der Waals surface area contributed by atoms with E-state index in [1.807, 2.05) is 30.3 Å². The summed E-state index contributed by atoms with van der Waals surface area (Å²) in [5.74, 6) is 1.22. The van der Waals surface area contributed by atoms with Crippen LogP contribution in [0, 0.1) is 5.92 Å². The van der Waals surface area contributed by atoms with E-state index in [1.165, 1.54) is 0 Å². The smallest absolute Gasteiger partial charge is 0.338 e. The van der Waals surface area contributed by atoms with Gasteiger partial charge < -0.3 is 14.4 Å². The summed E-state index contributed by atoms with van der Waals surface area (Å²) in [5, 5.41) is 0. The SMILES string of the molecule is C[C@@H]1CCCN(C(=O)COC(=O)c2ccc(Oc3ccccc3)cc2)C1. The van der Waals surface area contributed by atoms with Crippen LogP contribution in [0.3, 0.4) is 0 Å². The molecule has 0 unspecified atom stereocenters. The van der Waals surface area contributed by atoms with Crippen molar-refractivity contribution in [3.63, 3.8) is 0 Å². The number of amides is 1. The van der Waals surface area contributed by atoms with E-state index < -0.39 is 5.97 Å². The Kier molecular flexibility index (Phi) is 5.89. The monoisotopic (exact) mass is 353 g/mol. The van der Waals surface area contributed by atoms with Crippen LogP contribution in [0.4, 0.5) is 0 Å². The van der Waals surface area contributed by atoms with Crippen LogP contribution in [0.2, 0.25) is 0 Å². The number of benzene rings is 2. The minimum absolute atomic E-state index is 0.131. The van der Waals surface area contributed by atoms with Gasteiger partial charge in [0.1, 0.15) is 11.5 Å². The molecule has 0 bridgehead atoms. The molecule has 0 radical (unpaired) electrons. The van der Waals surface area contributed by atoms with Crippen LogP contribution >= 0.6 is 0 Å². The second-order valence-electron chi connectivity index (χ2n) is 6.60. The van der Waals surface area contributed by atoms with Gasteiger partial charge in [0.05, 0.1) is 5.56 Å². The summed E-state index contributed by atoms with van der Waals surface area (Å²) in [6.07, 6.45) is 2.14. The first-order valence-corrected chi connectivity index (χ1v) is 8.89. The number of carbonyl (C=O) groups is 2. The Hall–Kier alpha value is -2.82. The van der Waals surface area contributed by atoms with Gasteiger partial charge in [0.2, 0.25) is 0 Å². The van der Waals surface area contributed by atoms with E-state index in [2.05, 4.69) is 6.92 Å². The summed E-state index contributed by atoms with van der Waals surface area (Å²) in [5.41, 5.74) is 0.394. The number of hydrogen-bond acceptors (Lipinski definition) is 4. The molecule has 5 heteroatoms. The molecule has 2 aromatic carbocycles. The van der Waals surface area contributed by atoms with E-state index >= 15 is 0 Å². The lowest BCUT2D eigenvalue weighted by molar-refractivity contribution is -0.136. The molecule has 1 aliphatic rings. The van der Waals surface area contributed by atoms with Crippen LogP contribution in [-0.2, 0) is 9.53 Å². The molecule has 1 heterocycles. The quantitative estimate of drug-likeness (QED) is 0.765. The zero-order valence-electron chi connectivity index (χ0n) is 14.9. The molecular formula is C21H23NO4. The third kappa shape index (κ3) is 4.85. The second kappa shape index (κ2) is 8.52. The third-order valence-corrected chi connectivity index (χ3v) is 4.41. The van der Waals surface area contributed by atoms with E-state index in [0.717, 1.165) is 31.7 Å². The lowest BCUT2D eigenvalue weighted by Gasteiger charge is -2.30. The third-order valence-electron chi connectivity index (χ3n) is 4.41. The summed E-state index contributed by atoms with van der Waals surface area (Å²) in [6, 6.07) is 16.1. The molecule has 2 aromatic rings. The highest BCUT2D eigenvalue weighted by Crippen LogP contribution is 2.21. The number of esters is 1. The number of nitrogens with zero attached hydrogens (tertiary/aromatic N) is 1. The summed E-state index contributed by atoms with van der Waals surface area (Å²) in [4.78, 5) is 26.1. The molecule has 0 aromatic heterocycles. The highest BCUT2D eigenvalue weighted by molar-refractivity contribution is 5.91. The van der Waals surface area contributed by atoms with E-state index in [9.17, 15) is 9.59 Å². The van der Waals surface area contributed by atoms with Crippen molar-refractivity contribution in [1.82, 2.24) is 4.90 Å². The molecule has 0 saturated carbocycles. The maximum Gasteiger partial charge on any atom is 0.338 e. The maximum atomic E-state index is 12.2. The lowest BCUT2D eigenvalue weighted by Crippen LogP contribution is -2.41. The number of piperidine rings is 1. The Morgan fingerprint density at radius 1 is 1.04 bits per heavy atom. The Morgan fingerprint density at radius 3 is 2.42 bits per heavy atom. The average Bonchev–Trinajstić information content (AvgIpc) is 2.67. The van der Waals surface area contributed by atoms with Crippen molar-refractivity contribution in [1.29, 1.82) is 0 Å². The Bertz CT molecular complexity index is 742. The number of para-hydroxylation sites is 1. The molecule has 136 valence electrons. The van der Waals surface area contributed by atoms with Gasteiger partial charge >= 0.3 is 5.97 Å². The molecule has 1 amide bonds. The lowest BCUT2D eigenvalue weighted by atomic mass is 10.0. The molecule has 1 saturated heterocycles. The number of carbonyl (C=O) groups excluding carboxylic acids is 2. The van der Waals surface area contributed by atoms with Gasteiger partial charge in [0.25, 0.3) is 5.91 Å². The second-order valence-corrected chi connectivity index (χ2v) is 6.60. The van der Waals surface area contributed by atoms with Crippen LogP contribution in [0.25, 0.3) is 0 Å². The summed E-state index contributed by atoms with van der Waals surface area (Å²) < 4.78 is 10.9. The molecule has 0 aliphatic carbocycles. The predicted octanol–water partition coefficient (Wildman–Crippen LogP) is 3.89. The van der Waals surface area contributed by atoms with Crippen molar-refractivity contribution in [3.8, 4) is 11.5 Å². The molecule has 26 heavy (non-hydrogen) atoms. The normalized spacial score (nSPS) is 16.8. The fourth-order valence-electron chi connectivity index (χ4n) is 3.00. The topological polar surface area (TPSA) is 55.8 Å². The highest BCUT2D eigenvalue weighted by atomic mass is 16.5. The zero-order chi connectivity index (χ0) is 18.4. The standard InChI is InChI=1S/C21H23NO4/c1-16-6-5-13-22(14-16)20(23)15-25-21(24)17-9-11-19(12-10-17)26-18-7-3-2-4-8-18/h2-4,7-12,16H,5-6,13-15H2,1H3/t16-/m1/s1. The van der Waals surface area contributed by atoms with Crippen LogP contribution < -0.4 is 4.74 Å². The van der Waals surface area contributed by atoms with E-state index in [4.69, 9.17) is 9.47 Å². The van der Waals surface area contributed by atoms with Crippen molar-refractivity contribution in [2.24, 2.45) is 5.92 Å². The van der Waals surface area contributed by atoms with Crippen molar-refractivity contribution < 1.29 is 19.1 Å². The van der Waals surface area contributed by atoms with Gasteiger partial charge in [-0.05, 0) is 55.2 Å². The first-order valence-electron chi connectivity index (χ1n) is 8.89. The largest absolute Gasteiger partial charge is 0.457 e. The molecule has 3 rings (SSSR count). The average molecular weight is 353 g/mol. The van der Waals surface area contributed by atoms with E-state index in [-0.39, 0.29) is 12.5 Å². The number of rotatable bonds is 5. The molecular weight excluding hydrogens is 330 g/mol. The molecule has 0 N–H and O–H groups in total. The fourth-order valence-corrected chi connectivity index (χ4v) is 3.00. The van der Waals surface area contributed by atoms with Crippen molar-refractivity contribution in [3.05, 3.63) is 60.2 Å². The Labute approximate surface area is 153 Å². The highest BCUT2D eigenvalue weighted by Gasteiger charge is 2.22. The minimum Gasteiger partial charge on any atom is -0.457 e. The van der Waals surface area contributed by atoms with Crippen LogP contribution in [0.15, 0.2) is 54.6 Å².